The van der Waals surface area contributed by atoms with Gasteiger partial charge in [0.2, 0.25) is 0 Å². The van der Waals surface area contributed by atoms with Crippen molar-refractivity contribution >= 4 is 29.1 Å². The Morgan fingerprint density at radius 1 is 1.50 bits per heavy atom. The van der Waals surface area contributed by atoms with E-state index in [4.69, 9.17) is 11.6 Å². The average Bonchev–Trinajstić information content (AvgIpc) is 2.78. The highest BCUT2D eigenvalue weighted by molar-refractivity contribution is 6.99. The molecule has 2 heterocycles. The highest BCUT2D eigenvalue weighted by atomic mass is 35.5. The second-order valence-electron chi connectivity index (χ2n) is 2.63. The van der Waals surface area contributed by atoms with Crippen LogP contribution in [-0.4, -0.2) is 24.8 Å². The van der Waals surface area contributed by atoms with E-state index < -0.39 is 0 Å². The second-order valence-corrected chi connectivity index (χ2v) is 3.52. The van der Waals surface area contributed by atoms with Crippen LogP contribution in [0.25, 0.3) is 0 Å². The van der Waals surface area contributed by atoms with Gasteiger partial charge in [0.05, 0.1) is 18.1 Å². The summed E-state index contributed by atoms with van der Waals surface area (Å²) in [5.74, 6) is 0.650. The smallest absolute Gasteiger partial charge is 0.186 e. The topological polar surface area (TPSA) is 55.6 Å². The average molecular weight is 230 g/mol. The zero-order valence-corrected chi connectivity index (χ0v) is 8.79. The first-order chi connectivity index (χ1) is 6.86. The van der Waals surface area contributed by atoms with Crippen LogP contribution in [0.15, 0.2) is 18.7 Å². The van der Waals surface area contributed by atoms with Gasteiger partial charge in [-0.2, -0.15) is 8.75 Å². The number of nitrogens with zero attached hydrogens (tertiary/aromatic N) is 4. The molecule has 7 heteroatoms. The van der Waals surface area contributed by atoms with E-state index in [9.17, 15) is 0 Å². The van der Waals surface area contributed by atoms with Crippen molar-refractivity contribution in [2.24, 2.45) is 0 Å². The molecule has 2 rings (SSSR count). The Morgan fingerprint density at radius 3 is 3.07 bits per heavy atom. The first kappa shape index (κ1) is 9.42. The number of rotatable bonds is 4. The van der Waals surface area contributed by atoms with Gasteiger partial charge >= 0.3 is 0 Å². The molecule has 0 unspecified atom stereocenters. The standard InChI is InChI=1S/C7H8ClN5S/c8-6-7(12-14-11-6)10-2-4-13-3-1-9-5-13/h1,3,5H,2,4H2,(H,10,12). The Bertz CT molecular complexity index is 384. The van der Waals surface area contributed by atoms with Gasteiger partial charge in [0, 0.05) is 25.5 Å². The zero-order chi connectivity index (χ0) is 9.80. The van der Waals surface area contributed by atoms with Gasteiger partial charge in [-0.25, -0.2) is 4.98 Å². The largest absolute Gasteiger partial charge is 0.365 e. The van der Waals surface area contributed by atoms with Gasteiger partial charge in [-0.1, -0.05) is 11.6 Å². The van der Waals surface area contributed by atoms with E-state index in [2.05, 4.69) is 19.0 Å². The molecule has 0 aromatic carbocycles. The molecule has 0 saturated heterocycles. The maximum absolute atomic E-state index is 5.76. The molecule has 74 valence electrons. The van der Waals surface area contributed by atoms with Gasteiger partial charge in [-0.05, 0) is 0 Å². The van der Waals surface area contributed by atoms with Crippen molar-refractivity contribution in [1.82, 2.24) is 18.3 Å². The number of hydrogen-bond acceptors (Lipinski definition) is 5. The first-order valence-electron chi connectivity index (χ1n) is 4.04. The number of imidazole rings is 1. The summed E-state index contributed by atoms with van der Waals surface area (Å²) >= 11 is 6.86. The molecule has 5 nitrogen and oxygen atoms in total. The quantitative estimate of drug-likeness (QED) is 0.863. The summed E-state index contributed by atoms with van der Waals surface area (Å²) in [6.07, 6.45) is 5.42. The lowest BCUT2D eigenvalue weighted by Crippen LogP contribution is -2.09. The molecule has 0 saturated carbocycles. The van der Waals surface area contributed by atoms with Gasteiger partial charge in [-0.3, -0.25) is 0 Å². The maximum Gasteiger partial charge on any atom is 0.186 e. The van der Waals surface area contributed by atoms with Gasteiger partial charge in [0.1, 0.15) is 0 Å². The van der Waals surface area contributed by atoms with Crippen LogP contribution >= 0.6 is 23.3 Å². The normalized spacial score (nSPS) is 10.4. The summed E-state index contributed by atoms with van der Waals surface area (Å²) in [6.45, 7) is 1.58. The molecule has 0 aliphatic heterocycles. The molecule has 0 bridgehead atoms. The van der Waals surface area contributed by atoms with Gasteiger partial charge in [-0.15, -0.1) is 0 Å². The minimum Gasteiger partial charge on any atom is -0.365 e. The summed E-state index contributed by atoms with van der Waals surface area (Å²) in [6, 6.07) is 0. The van der Waals surface area contributed by atoms with Crippen molar-refractivity contribution in [2.45, 2.75) is 6.54 Å². The molecule has 0 spiro atoms. The van der Waals surface area contributed by atoms with Crippen molar-refractivity contribution in [2.75, 3.05) is 11.9 Å². The van der Waals surface area contributed by atoms with Crippen LogP contribution in [0.5, 0.6) is 0 Å². The predicted molar refractivity (Wildman–Crippen MR) is 55.6 cm³/mol. The Balaban J connectivity index is 1.81. The highest BCUT2D eigenvalue weighted by Gasteiger charge is 2.02. The summed E-state index contributed by atoms with van der Waals surface area (Å²) in [5, 5.41) is 3.52. The van der Waals surface area contributed by atoms with Crippen molar-refractivity contribution in [1.29, 1.82) is 0 Å². The molecule has 0 aliphatic carbocycles. The fraction of sp³-hybridized carbons (Fsp3) is 0.286. The molecule has 1 N–H and O–H groups in total. The molecule has 0 amide bonds. The molecule has 0 radical (unpaired) electrons. The van der Waals surface area contributed by atoms with E-state index >= 15 is 0 Å². The molecule has 2 aromatic rings. The van der Waals surface area contributed by atoms with Gasteiger partial charge in [0.25, 0.3) is 0 Å². The van der Waals surface area contributed by atoms with Crippen LogP contribution in [0, 0.1) is 0 Å². The number of nitrogens with one attached hydrogen (secondary N) is 1. The molecule has 0 fully saturated rings. The maximum atomic E-state index is 5.76. The van der Waals surface area contributed by atoms with Crippen LogP contribution in [0.4, 0.5) is 5.82 Å². The molecule has 2 aromatic heterocycles. The van der Waals surface area contributed by atoms with Crippen LogP contribution in [-0.2, 0) is 6.54 Å². The number of anilines is 1. The van der Waals surface area contributed by atoms with E-state index in [1.165, 1.54) is 0 Å². The first-order valence-corrected chi connectivity index (χ1v) is 5.15. The highest BCUT2D eigenvalue weighted by Crippen LogP contribution is 2.17. The lowest BCUT2D eigenvalue weighted by molar-refractivity contribution is 0.726. The van der Waals surface area contributed by atoms with Crippen molar-refractivity contribution < 1.29 is 0 Å². The fourth-order valence-corrected chi connectivity index (χ4v) is 1.69. The fourth-order valence-electron chi connectivity index (χ4n) is 1.01. The Morgan fingerprint density at radius 2 is 2.43 bits per heavy atom. The van der Waals surface area contributed by atoms with E-state index in [1.807, 2.05) is 10.8 Å². The Labute approximate surface area is 90.1 Å². The van der Waals surface area contributed by atoms with Crippen molar-refractivity contribution in [3.63, 3.8) is 0 Å². The van der Waals surface area contributed by atoms with Gasteiger partial charge in [0.15, 0.2) is 11.0 Å². The summed E-state index contributed by atoms with van der Waals surface area (Å²) < 4.78 is 9.82. The lowest BCUT2D eigenvalue weighted by atomic mass is 10.6. The molecule has 0 aliphatic rings. The molecule has 0 atom stereocenters. The molecular weight excluding hydrogens is 222 g/mol. The molecular formula is C7H8ClN5S. The van der Waals surface area contributed by atoms with Crippen LogP contribution in [0.2, 0.25) is 5.15 Å². The molecule has 14 heavy (non-hydrogen) atoms. The van der Waals surface area contributed by atoms with Crippen molar-refractivity contribution in [3.05, 3.63) is 23.9 Å². The summed E-state index contributed by atoms with van der Waals surface area (Å²) in [4.78, 5) is 3.94. The Hall–Kier alpha value is -1.14. The monoisotopic (exact) mass is 229 g/mol. The lowest BCUT2D eigenvalue weighted by Gasteiger charge is -2.03. The van der Waals surface area contributed by atoms with E-state index in [0.29, 0.717) is 11.0 Å². The predicted octanol–water partition coefficient (Wildman–Crippen LogP) is 1.50. The minimum absolute atomic E-state index is 0.431. The van der Waals surface area contributed by atoms with Crippen molar-refractivity contribution in [3.8, 4) is 0 Å². The van der Waals surface area contributed by atoms with Crippen LogP contribution < -0.4 is 5.32 Å². The van der Waals surface area contributed by atoms with Crippen LogP contribution in [0.1, 0.15) is 0 Å². The second kappa shape index (κ2) is 4.39. The van der Waals surface area contributed by atoms with Crippen LogP contribution in [0.3, 0.4) is 0 Å². The zero-order valence-electron chi connectivity index (χ0n) is 7.22. The SMILES string of the molecule is Clc1nsnc1NCCn1ccnc1. The van der Waals surface area contributed by atoms with Gasteiger partial charge < -0.3 is 9.88 Å². The number of halogens is 1. The number of hydrogen-bond donors (Lipinski definition) is 1. The summed E-state index contributed by atoms with van der Waals surface area (Å²) in [5.41, 5.74) is 0. The summed E-state index contributed by atoms with van der Waals surface area (Å²) in [7, 11) is 0. The minimum atomic E-state index is 0.431. The number of aromatic nitrogens is 4. The third-order valence-corrected chi connectivity index (χ3v) is 2.56. The van der Waals surface area contributed by atoms with E-state index in [1.54, 1.807) is 12.5 Å². The third-order valence-electron chi connectivity index (χ3n) is 1.67. The Kier molecular flexibility index (Phi) is 2.95. The third kappa shape index (κ3) is 2.21. The van der Waals surface area contributed by atoms with E-state index in [0.717, 1.165) is 24.8 Å². The van der Waals surface area contributed by atoms with E-state index in [-0.39, 0.29) is 0 Å².